The van der Waals surface area contributed by atoms with Gasteiger partial charge in [0.05, 0.1) is 11.4 Å². The Labute approximate surface area is 172 Å². The summed E-state index contributed by atoms with van der Waals surface area (Å²) in [6.45, 7) is 3.06. The zero-order chi connectivity index (χ0) is 21.4. The highest BCUT2D eigenvalue weighted by atomic mass is 16.4. The zero-order valence-electron chi connectivity index (χ0n) is 16.5. The molecule has 0 aliphatic carbocycles. The number of rotatable bonds is 4. The molecule has 1 N–H and O–H groups in total. The number of carbonyl (C=O) groups excluding carboxylic acids is 2. The first-order chi connectivity index (χ1) is 14.4. The minimum Gasteiger partial charge on any atom is -0.480 e. The Kier molecular flexibility index (Phi) is 4.79. The van der Waals surface area contributed by atoms with Gasteiger partial charge in [0.1, 0.15) is 6.54 Å². The van der Waals surface area contributed by atoms with Crippen molar-refractivity contribution < 1.29 is 19.5 Å². The van der Waals surface area contributed by atoms with Crippen LogP contribution in [-0.2, 0) is 9.59 Å². The van der Waals surface area contributed by atoms with Crippen LogP contribution in [0.25, 0.3) is 17.3 Å². The van der Waals surface area contributed by atoms with E-state index < -0.39 is 24.3 Å². The molecule has 1 aromatic heterocycles. The van der Waals surface area contributed by atoms with Gasteiger partial charge in [-0.1, -0.05) is 36.4 Å². The molecule has 4 rings (SSSR count). The quantitative estimate of drug-likeness (QED) is 0.536. The van der Waals surface area contributed by atoms with Gasteiger partial charge < -0.3 is 5.11 Å². The van der Waals surface area contributed by atoms with Gasteiger partial charge in [-0.3, -0.25) is 19.3 Å². The number of amides is 2. The largest absolute Gasteiger partial charge is 0.480 e. The number of carboxylic acid groups (broad SMARTS) is 1. The number of fused-ring (bicyclic) bond motifs is 1. The summed E-state index contributed by atoms with van der Waals surface area (Å²) in [5.74, 6) is -2.49. The minimum atomic E-state index is -1.25. The molecule has 0 radical (unpaired) electrons. The lowest BCUT2D eigenvalue weighted by Crippen LogP contribution is -2.44. The van der Waals surface area contributed by atoms with Gasteiger partial charge in [0, 0.05) is 22.4 Å². The van der Waals surface area contributed by atoms with Crippen LogP contribution in [0.2, 0.25) is 0 Å². The Balaban J connectivity index is 1.88. The summed E-state index contributed by atoms with van der Waals surface area (Å²) in [6, 6.07) is 16.3. The van der Waals surface area contributed by atoms with Crippen LogP contribution in [0.5, 0.6) is 0 Å². The van der Waals surface area contributed by atoms with Crippen LogP contribution in [0.1, 0.15) is 32.9 Å². The predicted molar refractivity (Wildman–Crippen MR) is 111 cm³/mol. The highest BCUT2D eigenvalue weighted by Crippen LogP contribution is 2.32. The summed E-state index contributed by atoms with van der Waals surface area (Å²) in [4.78, 5) is 37.8. The van der Waals surface area contributed by atoms with Gasteiger partial charge >= 0.3 is 5.97 Å². The maximum Gasteiger partial charge on any atom is 0.323 e. The Morgan fingerprint density at radius 2 is 1.60 bits per heavy atom. The lowest BCUT2D eigenvalue weighted by Gasteiger charge is -2.27. The molecule has 7 nitrogen and oxygen atoms in total. The molecule has 2 heterocycles. The third kappa shape index (κ3) is 3.20. The number of hydrogen-bond donors (Lipinski definition) is 1. The molecule has 0 fully saturated rings. The Bertz CT molecular complexity index is 1210. The smallest absolute Gasteiger partial charge is 0.323 e. The second-order valence-corrected chi connectivity index (χ2v) is 7.03. The van der Waals surface area contributed by atoms with Crippen molar-refractivity contribution in [2.24, 2.45) is 0 Å². The fourth-order valence-electron chi connectivity index (χ4n) is 3.65. The molecular formula is C23H19N3O4. The first-order valence-corrected chi connectivity index (χ1v) is 9.39. The van der Waals surface area contributed by atoms with Crippen molar-refractivity contribution in [3.8, 4) is 5.69 Å². The van der Waals surface area contributed by atoms with Gasteiger partial charge in [-0.25, -0.2) is 4.68 Å². The van der Waals surface area contributed by atoms with Crippen LogP contribution >= 0.6 is 0 Å². The molecular weight excluding hydrogens is 382 g/mol. The average molecular weight is 401 g/mol. The number of carbonyl (C=O) groups is 3. The van der Waals surface area contributed by atoms with Crippen molar-refractivity contribution in [1.29, 1.82) is 0 Å². The molecule has 150 valence electrons. The predicted octanol–water partition coefficient (Wildman–Crippen LogP) is 3.10. The van der Waals surface area contributed by atoms with E-state index in [1.807, 2.05) is 44.2 Å². The van der Waals surface area contributed by atoms with E-state index in [1.54, 1.807) is 35.0 Å². The monoisotopic (exact) mass is 401 g/mol. The summed E-state index contributed by atoms with van der Waals surface area (Å²) < 4.78 is 1.79. The van der Waals surface area contributed by atoms with Gasteiger partial charge in [0.15, 0.2) is 0 Å². The van der Waals surface area contributed by atoms with E-state index >= 15 is 0 Å². The molecule has 2 aromatic carbocycles. The molecule has 1 aliphatic heterocycles. The van der Waals surface area contributed by atoms with Crippen molar-refractivity contribution in [1.82, 2.24) is 14.7 Å². The highest BCUT2D eigenvalue weighted by Gasteiger charge is 2.36. The van der Waals surface area contributed by atoms with Crippen molar-refractivity contribution in [3.05, 3.63) is 82.7 Å². The first-order valence-electron chi connectivity index (χ1n) is 9.39. The second kappa shape index (κ2) is 7.44. The summed E-state index contributed by atoms with van der Waals surface area (Å²) >= 11 is 0. The van der Waals surface area contributed by atoms with E-state index in [2.05, 4.69) is 5.10 Å². The second-order valence-electron chi connectivity index (χ2n) is 7.03. The third-order valence-corrected chi connectivity index (χ3v) is 5.10. The molecule has 0 bridgehead atoms. The normalized spacial score (nSPS) is 14.9. The molecule has 0 spiro atoms. The molecule has 3 aromatic rings. The van der Waals surface area contributed by atoms with Crippen LogP contribution in [-0.4, -0.2) is 44.1 Å². The van der Waals surface area contributed by atoms with E-state index in [0.29, 0.717) is 11.1 Å². The fourth-order valence-corrected chi connectivity index (χ4v) is 3.65. The summed E-state index contributed by atoms with van der Waals surface area (Å²) in [7, 11) is 0. The number of benzene rings is 2. The average Bonchev–Trinajstić information content (AvgIpc) is 3.02. The number of nitrogens with zero attached hydrogens (tertiary/aromatic N) is 3. The summed E-state index contributed by atoms with van der Waals surface area (Å²) in [6.07, 6.45) is 1.69. The van der Waals surface area contributed by atoms with Gasteiger partial charge in [0.25, 0.3) is 11.8 Å². The number of hydrogen-bond acceptors (Lipinski definition) is 4. The van der Waals surface area contributed by atoms with Gasteiger partial charge in [0.2, 0.25) is 0 Å². The number of carboxylic acids is 1. The molecule has 2 amide bonds. The Hall–Kier alpha value is -4.00. The molecule has 0 saturated carbocycles. The van der Waals surface area contributed by atoms with E-state index in [0.717, 1.165) is 27.5 Å². The topological polar surface area (TPSA) is 92.5 Å². The number of aryl methyl sites for hydroxylation is 1. The number of para-hydroxylation sites is 1. The molecule has 1 aliphatic rings. The maximum absolute atomic E-state index is 13.1. The molecule has 30 heavy (non-hydrogen) atoms. The first kappa shape index (κ1) is 19.3. The number of imide groups is 1. The minimum absolute atomic E-state index is 0.269. The SMILES string of the molecule is Cc1nn(-c2ccccc2)c(C)c1/C=C1/C(=O)N(CC(=O)O)C(=O)c2ccccc21. The highest BCUT2D eigenvalue weighted by molar-refractivity contribution is 6.34. The van der Waals surface area contributed by atoms with E-state index in [9.17, 15) is 14.4 Å². The zero-order valence-corrected chi connectivity index (χ0v) is 16.5. The fraction of sp³-hybridized carbons (Fsp3) is 0.130. The third-order valence-electron chi connectivity index (χ3n) is 5.10. The van der Waals surface area contributed by atoms with Crippen molar-refractivity contribution in [2.75, 3.05) is 6.54 Å². The van der Waals surface area contributed by atoms with Crippen LogP contribution < -0.4 is 0 Å². The van der Waals surface area contributed by atoms with Crippen molar-refractivity contribution in [2.45, 2.75) is 13.8 Å². The van der Waals surface area contributed by atoms with Gasteiger partial charge in [-0.15, -0.1) is 0 Å². The number of aromatic nitrogens is 2. The Morgan fingerprint density at radius 3 is 2.27 bits per heavy atom. The Morgan fingerprint density at radius 1 is 0.967 bits per heavy atom. The summed E-state index contributed by atoms with van der Waals surface area (Å²) in [5.41, 5.74) is 4.25. The van der Waals surface area contributed by atoms with Crippen molar-refractivity contribution in [3.63, 3.8) is 0 Å². The molecule has 0 unspecified atom stereocenters. The van der Waals surface area contributed by atoms with Crippen LogP contribution in [0.4, 0.5) is 0 Å². The lowest BCUT2D eigenvalue weighted by atomic mass is 9.91. The van der Waals surface area contributed by atoms with Crippen LogP contribution in [0, 0.1) is 13.8 Å². The van der Waals surface area contributed by atoms with E-state index in [4.69, 9.17) is 5.11 Å². The van der Waals surface area contributed by atoms with E-state index in [-0.39, 0.29) is 5.57 Å². The maximum atomic E-state index is 13.1. The van der Waals surface area contributed by atoms with Crippen molar-refractivity contribution >= 4 is 29.4 Å². The number of aliphatic carboxylic acids is 1. The van der Waals surface area contributed by atoms with Crippen LogP contribution in [0.15, 0.2) is 54.6 Å². The van der Waals surface area contributed by atoms with Crippen LogP contribution in [0.3, 0.4) is 0 Å². The lowest BCUT2D eigenvalue weighted by molar-refractivity contribution is -0.141. The van der Waals surface area contributed by atoms with E-state index in [1.165, 1.54) is 0 Å². The standard InChI is InChI=1S/C23H19N3O4/c1-14-19(15(2)26(24-14)16-8-4-3-5-9-16)12-20-17-10-6-7-11-18(17)22(29)25(23(20)30)13-21(27)28/h3-12H,13H2,1-2H3,(H,27,28)/b20-12+. The summed E-state index contributed by atoms with van der Waals surface area (Å²) in [5, 5.41) is 13.8. The van der Waals surface area contributed by atoms with Gasteiger partial charge in [-0.2, -0.15) is 5.10 Å². The molecule has 0 saturated heterocycles. The van der Waals surface area contributed by atoms with Gasteiger partial charge in [-0.05, 0) is 43.7 Å². The molecule has 0 atom stereocenters. The molecule has 7 heteroatoms.